The Morgan fingerprint density at radius 2 is 1.63 bits per heavy atom. The van der Waals surface area contributed by atoms with E-state index in [0.29, 0.717) is 12.5 Å². The molecule has 202 valence electrons. The molecule has 35 heavy (non-hydrogen) atoms. The van der Waals surface area contributed by atoms with Crippen molar-refractivity contribution in [3.63, 3.8) is 0 Å². The summed E-state index contributed by atoms with van der Waals surface area (Å²) in [6.07, 6.45) is 7.79. The van der Waals surface area contributed by atoms with Gasteiger partial charge in [-0.05, 0) is 43.4 Å². The molecule has 0 bridgehead atoms. The smallest absolute Gasteiger partial charge is 0.324 e. The molecule has 1 saturated carbocycles. The zero-order valence-electron chi connectivity index (χ0n) is 22.5. The average molecular weight is 516 g/mol. The Balaban J connectivity index is 1.46. The third-order valence-electron chi connectivity index (χ3n) is 8.61. The van der Waals surface area contributed by atoms with Gasteiger partial charge in [-0.1, -0.05) is 41.0 Å². The van der Waals surface area contributed by atoms with Crippen molar-refractivity contribution in [1.29, 1.82) is 0 Å². The molecule has 4 aliphatic rings. The molecular weight excluding hydrogens is 467 g/mol. The summed E-state index contributed by atoms with van der Waals surface area (Å²) in [4.78, 5) is 0. The molecule has 0 spiro atoms. The fourth-order valence-corrected chi connectivity index (χ4v) is 7.06. The largest absolute Gasteiger partial charge is 0.390 e. The van der Waals surface area contributed by atoms with E-state index in [1.807, 2.05) is 0 Å². The van der Waals surface area contributed by atoms with Crippen LogP contribution in [0.15, 0.2) is 0 Å². The SMILES string of the molecule is C=[P+](C)C1OCC2OC(OC3C(C)CC(CC)C(O)C3OC3OC(CC)CC3CC)CC(C)C2O1. The van der Waals surface area contributed by atoms with E-state index in [1.165, 1.54) is 0 Å². The Bertz CT molecular complexity index is 707. The highest BCUT2D eigenvalue weighted by atomic mass is 31.1. The van der Waals surface area contributed by atoms with Gasteiger partial charge in [0.15, 0.2) is 12.6 Å². The van der Waals surface area contributed by atoms with Crippen molar-refractivity contribution in [3.05, 3.63) is 0 Å². The molecule has 1 N–H and O–H groups in total. The number of rotatable bonds is 8. The molecule has 14 unspecified atom stereocenters. The number of fused-ring (bicyclic) bond motifs is 1. The van der Waals surface area contributed by atoms with E-state index in [9.17, 15) is 5.11 Å². The summed E-state index contributed by atoms with van der Waals surface area (Å²) in [5, 5.41) is 11.4. The normalized spacial score (nSPS) is 49.0. The highest BCUT2D eigenvalue weighted by Gasteiger charge is 2.50. The molecule has 4 fully saturated rings. The number of aliphatic hydroxyl groups is 1. The van der Waals surface area contributed by atoms with Crippen molar-refractivity contribution in [2.45, 2.75) is 128 Å². The third-order valence-corrected chi connectivity index (χ3v) is 9.61. The van der Waals surface area contributed by atoms with E-state index in [2.05, 4.69) is 47.6 Å². The van der Waals surface area contributed by atoms with Crippen LogP contribution in [0.4, 0.5) is 0 Å². The van der Waals surface area contributed by atoms with E-state index in [4.69, 9.17) is 28.4 Å². The Morgan fingerprint density at radius 1 is 0.886 bits per heavy atom. The Morgan fingerprint density at radius 3 is 2.29 bits per heavy atom. The van der Waals surface area contributed by atoms with Crippen LogP contribution in [0.2, 0.25) is 0 Å². The van der Waals surface area contributed by atoms with Crippen LogP contribution < -0.4 is 0 Å². The van der Waals surface area contributed by atoms with Crippen molar-refractivity contribution in [1.82, 2.24) is 0 Å². The van der Waals surface area contributed by atoms with Crippen molar-refractivity contribution in [2.24, 2.45) is 23.7 Å². The maximum Gasteiger partial charge on any atom is 0.324 e. The van der Waals surface area contributed by atoms with Gasteiger partial charge in [-0.3, -0.25) is 0 Å². The summed E-state index contributed by atoms with van der Waals surface area (Å²) in [6.45, 7) is 13.5. The standard InChI is InChI=1S/C27H48O7P/c1-8-17-11-15(4)24(25(22(17)28)33-26-18(9-2)13-19(10-3)30-26)32-21-12-16(5)23-20(31-21)14-29-27(34-23)35(6)7/h15-28H,6,8-14H2,1-5,7H3/q+1. The molecule has 0 amide bonds. The highest BCUT2D eigenvalue weighted by molar-refractivity contribution is 7.55. The number of hydrogen-bond acceptors (Lipinski definition) is 7. The zero-order valence-corrected chi connectivity index (χ0v) is 23.4. The quantitative estimate of drug-likeness (QED) is 0.469. The van der Waals surface area contributed by atoms with Gasteiger partial charge in [0.2, 0.25) is 0 Å². The van der Waals surface area contributed by atoms with E-state index >= 15 is 0 Å². The van der Waals surface area contributed by atoms with E-state index in [0.717, 1.165) is 38.5 Å². The second-order valence-corrected chi connectivity index (χ2v) is 13.3. The van der Waals surface area contributed by atoms with Gasteiger partial charge in [-0.25, -0.2) is 0 Å². The monoisotopic (exact) mass is 515 g/mol. The van der Waals surface area contributed by atoms with Gasteiger partial charge in [0, 0.05) is 12.3 Å². The lowest BCUT2D eigenvalue weighted by Crippen LogP contribution is -2.58. The molecule has 1 aliphatic carbocycles. The Labute approximate surface area is 212 Å². The molecule has 0 aromatic rings. The first-order chi connectivity index (χ1) is 16.7. The van der Waals surface area contributed by atoms with Crippen molar-refractivity contribution in [2.75, 3.05) is 13.3 Å². The zero-order chi connectivity index (χ0) is 25.3. The minimum absolute atomic E-state index is 0.00522. The van der Waals surface area contributed by atoms with Crippen molar-refractivity contribution < 1.29 is 33.5 Å². The average Bonchev–Trinajstić information content (AvgIpc) is 3.25. The molecule has 3 heterocycles. The Hall–Kier alpha value is -0.110. The first-order valence-corrected chi connectivity index (χ1v) is 15.9. The highest BCUT2D eigenvalue weighted by Crippen LogP contribution is 2.42. The van der Waals surface area contributed by atoms with Gasteiger partial charge < -0.3 is 33.5 Å². The second kappa shape index (κ2) is 12.2. The van der Waals surface area contributed by atoms with Crippen LogP contribution in [0.3, 0.4) is 0 Å². The summed E-state index contributed by atoms with van der Waals surface area (Å²) >= 11 is 0. The first-order valence-electron chi connectivity index (χ1n) is 13.9. The molecule has 3 saturated heterocycles. The van der Waals surface area contributed by atoms with Crippen molar-refractivity contribution in [3.8, 4) is 0 Å². The summed E-state index contributed by atoms with van der Waals surface area (Å²) in [6, 6.07) is -0.225. The van der Waals surface area contributed by atoms with Crippen LogP contribution in [-0.2, 0) is 28.4 Å². The molecule has 0 aromatic heterocycles. The van der Waals surface area contributed by atoms with Crippen LogP contribution >= 0.6 is 7.55 Å². The van der Waals surface area contributed by atoms with Gasteiger partial charge >= 0.3 is 6.03 Å². The fraction of sp³-hybridized carbons (Fsp3) is 0.963. The van der Waals surface area contributed by atoms with E-state index in [-0.39, 0.29) is 60.8 Å². The molecular formula is C27H48O7P+. The molecule has 0 aromatic carbocycles. The molecule has 3 aliphatic heterocycles. The van der Waals surface area contributed by atoms with Crippen LogP contribution in [0.25, 0.3) is 0 Å². The summed E-state index contributed by atoms with van der Waals surface area (Å²) in [7, 11) is -0.572. The molecule has 4 rings (SSSR count). The molecule has 7 nitrogen and oxygen atoms in total. The lowest BCUT2D eigenvalue weighted by molar-refractivity contribution is -0.333. The lowest BCUT2D eigenvalue weighted by atomic mass is 9.75. The minimum atomic E-state index is -0.584. The Kier molecular flexibility index (Phi) is 9.70. The van der Waals surface area contributed by atoms with Gasteiger partial charge in [-0.15, -0.1) is 0 Å². The van der Waals surface area contributed by atoms with Crippen molar-refractivity contribution >= 4 is 13.8 Å². The maximum atomic E-state index is 11.4. The summed E-state index contributed by atoms with van der Waals surface area (Å²) in [5.74, 6) is 1.06. The fourth-order valence-electron chi connectivity index (χ4n) is 6.37. The maximum absolute atomic E-state index is 11.4. The first kappa shape index (κ1) is 27.9. The van der Waals surface area contributed by atoms with E-state index < -0.39 is 19.8 Å². The van der Waals surface area contributed by atoms with Gasteiger partial charge in [0.05, 0.1) is 37.3 Å². The summed E-state index contributed by atoms with van der Waals surface area (Å²) in [5.41, 5.74) is 0. The summed E-state index contributed by atoms with van der Waals surface area (Å²) < 4.78 is 38.0. The number of hydrogen-bond donors (Lipinski definition) is 1. The predicted molar refractivity (Wildman–Crippen MR) is 138 cm³/mol. The van der Waals surface area contributed by atoms with Gasteiger partial charge in [-0.2, -0.15) is 0 Å². The molecule has 0 radical (unpaired) electrons. The second-order valence-electron chi connectivity index (χ2n) is 11.3. The van der Waals surface area contributed by atoms with Crippen LogP contribution in [-0.4, -0.2) is 79.9 Å². The topological polar surface area (TPSA) is 75.6 Å². The third kappa shape index (κ3) is 6.15. The van der Waals surface area contributed by atoms with Gasteiger partial charge in [0.1, 0.15) is 26.4 Å². The molecule has 14 atom stereocenters. The number of ether oxygens (including phenoxy) is 6. The van der Waals surface area contributed by atoms with Crippen LogP contribution in [0.1, 0.15) is 73.1 Å². The van der Waals surface area contributed by atoms with E-state index in [1.54, 1.807) is 0 Å². The van der Waals surface area contributed by atoms with Gasteiger partial charge in [0.25, 0.3) is 0 Å². The number of aliphatic hydroxyl groups excluding tert-OH is 1. The minimum Gasteiger partial charge on any atom is -0.390 e. The predicted octanol–water partition coefficient (Wildman–Crippen LogP) is 4.73. The van der Waals surface area contributed by atoms with Crippen LogP contribution in [0.5, 0.6) is 0 Å². The van der Waals surface area contributed by atoms with Crippen LogP contribution in [0, 0.1) is 23.7 Å². The lowest BCUT2D eigenvalue weighted by Gasteiger charge is -2.48. The molecule has 8 heteroatoms.